The maximum Gasteiger partial charge on any atom is 0.335 e. The van der Waals surface area contributed by atoms with Crippen LogP contribution in [0.4, 0.5) is 0 Å². The maximum absolute atomic E-state index is 11.0. The molecule has 1 aromatic rings. The number of nitrogens with one attached hydrogen (secondary N) is 1. The van der Waals surface area contributed by atoms with Crippen molar-refractivity contribution in [2.24, 2.45) is 0 Å². The molecule has 1 rings (SSSR count). The van der Waals surface area contributed by atoms with Crippen molar-refractivity contribution < 1.29 is 17.6 Å². The van der Waals surface area contributed by atoms with Gasteiger partial charge in [-0.25, -0.2) is 8.42 Å². The Hall–Kier alpha value is -1.15. The molecule has 90 valence electrons. The fourth-order valence-electron chi connectivity index (χ4n) is 0.845. The van der Waals surface area contributed by atoms with Gasteiger partial charge in [-0.15, -0.1) is 16.7 Å². The first-order valence-electron chi connectivity index (χ1n) is 4.28. The largest absolute Gasteiger partial charge is 0.412 e. The zero-order valence-corrected chi connectivity index (χ0v) is 10.0. The number of alkyl halides is 1. The van der Waals surface area contributed by atoms with Crippen molar-refractivity contribution in [2.45, 2.75) is 11.6 Å². The van der Waals surface area contributed by atoms with E-state index in [4.69, 9.17) is 16.0 Å². The fraction of sp³-hybridized carbons (Fsp3) is 0.571. The molecule has 1 N–H and O–H groups in total. The lowest BCUT2D eigenvalue weighted by Gasteiger charge is -1.98. The summed E-state index contributed by atoms with van der Waals surface area (Å²) in [6, 6.07) is 0. The summed E-state index contributed by atoms with van der Waals surface area (Å²) < 4.78 is 26.9. The zero-order chi connectivity index (χ0) is 12.2. The Morgan fingerprint density at radius 3 is 2.69 bits per heavy atom. The van der Waals surface area contributed by atoms with Crippen molar-refractivity contribution in [1.82, 2.24) is 15.5 Å². The standard InChI is InChI=1S/C7H10ClN3O4S/c1-16(13,14)7-11-10-6(15-7)2-3-9-5(12)4-8/h2-4H2,1H3,(H,9,12). The third-order valence-corrected chi connectivity index (χ3v) is 2.59. The van der Waals surface area contributed by atoms with Gasteiger partial charge in [-0.05, 0) is 0 Å². The number of amides is 1. The van der Waals surface area contributed by atoms with E-state index in [1.807, 2.05) is 0 Å². The highest BCUT2D eigenvalue weighted by Gasteiger charge is 2.16. The smallest absolute Gasteiger partial charge is 0.335 e. The van der Waals surface area contributed by atoms with Crippen LogP contribution in [0.15, 0.2) is 9.64 Å². The first-order valence-corrected chi connectivity index (χ1v) is 6.71. The molecule has 1 aromatic heterocycles. The summed E-state index contributed by atoms with van der Waals surface area (Å²) in [5, 5.41) is 8.94. The van der Waals surface area contributed by atoms with Gasteiger partial charge in [0, 0.05) is 19.2 Å². The first-order chi connectivity index (χ1) is 7.43. The monoisotopic (exact) mass is 267 g/mol. The Kier molecular flexibility index (Phi) is 4.25. The average molecular weight is 268 g/mol. The lowest BCUT2D eigenvalue weighted by atomic mass is 10.4. The molecule has 0 bridgehead atoms. The van der Waals surface area contributed by atoms with Crippen LogP contribution < -0.4 is 5.32 Å². The molecular weight excluding hydrogens is 258 g/mol. The van der Waals surface area contributed by atoms with Crippen LogP contribution in [0.2, 0.25) is 0 Å². The van der Waals surface area contributed by atoms with Crippen LogP contribution >= 0.6 is 11.6 Å². The summed E-state index contributed by atoms with van der Waals surface area (Å²) in [5.41, 5.74) is 0. The molecule has 0 radical (unpaired) electrons. The number of aromatic nitrogens is 2. The van der Waals surface area contributed by atoms with Gasteiger partial charge in [0.25, 0.3) is 0 Å². The Bertz CT molecular complexity index is 470. The molecule has 0 saturated carbocycles. The number of hydrogen-bond donors (Lipinski definition) is 1. The van der Waals surface area contributed by atoms with E-state index in [9.17, 15) is 13.2 Å². The maximum atomic E-state index is 11.0. The predicted molar refractivity (Wildman–Crippen MR) is 54.8 cm³/mol. The molecule has 9 heteroatoms. The number of hydrogen-bond acceptors (Lipinski definition) is 6. The van der Waals surface area contributed by atoms with Gasteiger partial charge in [0.2, 0.25) is 21.6 Å². The third kappa shape index (κ3) is 3.78. The highest BCUT2D eigenvalue weighted by Crippen LogP contribution is 2.06. The van der Waals surface area contributed by atoms with Crippen LogP contribution in [-0.4, -0.2) is 43.2 Å². The summed E-state index contributed by atoms with van der Waals surface area (Å²) in [6.45, 7) is 0.261. The number of halogens is 1. The van der Waals surface area contributed by atoms with Crippen LogP contribution in [0, 0.1) is 0 Å². The summed E-state index contributed by atoms with van der Waals surface area (Å²) in [6.07, 6.45) is 1.23. The molecule has 0 atom stereocenters. The van der Waals surface area contributed by atoms with Crippen LogP contribution in [0.1, 0.15) is 5.89 Å². The second-order valence-corrected chi connectivity index (χ2v) is 5.13. The zero-order valence-electron chi connectivity index (χ0n) is 8.43. The number of nitrogens with zero attached hydrogens (tertiary/aromatic N) is 2. The number of rotatable bonds is 5. The van der Waals surface area contributed by atoms with Gasteiger partial charge in [0.15, 0.2) is 0 Å². The van der Waals surface area contributed by atoms with Crippen molar-refractivity contribution in [2.75, 3.05) is 18.7 Å². The van der Waals surface area contributed by atoms with Crippen LogP contribution in [0.5, 0.6) is 0 Å². The summed E-state index contributed by atoms with van der Waals surface area (Å²) in [5.74, 6) is -0.293. The normalized spacial score (nSPS) is 11.4. The molecule has 7 nitrogen and oxygen atoms in total. The van der Waals surface area contributed by atoms with Gasteiger partial charge in [0.1, 0.15) is 5.88 Å². The minimum atomic E-state index is -3.48. The van der Waals surface area contributed by atoms with Crippen LogP contribution in [0.25, 0.3) is 0 Å². The van der Waals surface area contributed by atoms with E-state index in [-0.39, 0.29) is 30.6 Å². The number of carbonyl (C=O) groups excluding carboxylic acids is 1. The van der Waals surface area contributed by atoms with Crippen molar-refractivity contribution in [3.63, 3.8) is 0 Å². The van der Waals surface area contributed by atoms with Gasteiger partial charge >= 0.3 is 5.22 Å². The van der Waals surface area contributed by atoms with E-state index in [1.54, 1.807) is 0 Å². The highest BCUT2D eigenvalue weighted by atomic mass is 35.5. The molecule has 0 saturated heterocycles. The highest BCUT2D eigenvalue weighted by molar-refractivity contribution is 7.90. The van der Waals surface area contributed by atoms with E-state index < -0.39 is 15.1 Å². The molecule has 0 aliphatic rings. The Morgan fingerprint density at radius 2 is 2.19 bits per heavy atom. The Balaban J connectivity index is 2.51. The first kappa shape index (κ1) is 12.9. The Labute approximate surface area is 97.1 Å². The molecule has 1 amide bonds. The van der Waals surface area contributed by atoms with Gasteiger partial charge in [-0.1, -0.05) is 5.10 Å². The molecule has 0 spiro atoms. The van der Waals surface area contributed by atoms with E-state index in [1.165, 1.54) is 0 Å². The summed E-state index contributed by atoms with van der Waals surface area (Å²) >= 11 is 5.25. The third-order valence-electron chi connectivity index (χ3n) is 1.55. The van der Waals surface area contributed by atoms with Gasteiger partial charge in [0.05, 0.1) is 0 Å². The molecule has 1 heterocycles. The molecule has 16 heavy (non-hydrogen) atoms. The van der Waals surface area contributed by atoms with Crippen LogP contribution in [-0.2, 0) is 21.1 Å². The molecule has 0 unspecified atom stereocenters. The van der Waals surface area contributed by atoms with E-state index in [0.29, 0.717) is 0 Å². The van der Waals surface area contributed by atoms with Gasteiger partial charge < -0.3 is 9.73 Å². The number of sulfone groups is 1. The lowest BCUT2D eigenvalue weighted by Crippen LogP contribution is -2.26. The lowest BCUT2D eigenvalue weighted by molar-refractivity contribution is -0.118. The minimum absolute atomic E-state index is 0.127. The summed E-state index contributed by atoms with van der Waals surface area (Å²) in [4.78, 5) is 10.8. The van der Waals surface area contributed by atoms with Crippen molar-refractivity contribution in [3.8, 4) is 0 Å². The molecular formula is C7H10ClN3O4S. The van der Waals surface area contributed by atoms with Crippen molar-refractivity contribution >= 4 is 27.3 Å². The average Bonchev–Trinajstić information content (AvgIpc) is 2.65. The van der Waals surface area contributed by atoms with Crippen LogP contribution in [0.3, 0.4) is 0 Å². The van der Waals surface area contributed by atoms with Gasteiger partial charge in [-0.3, -0.25) is 4.79 Å². The predicted octanol–water partition coefficient (Wildman–Crippen LogP) is -0.629. The second-order valence-electron chi connectivity index (χ2n) is 2.97. The van der Waals surface area contributed by atoms with Crippen molar-refractivity contribution in [1.29, 1.82) is 0 Å². The Morgan fingerprint density at radius 1 is 1.50 bits per heavy atom. The van der Waals surface area contributed by atoms with Gasteiger partial charge in [-0.2, -0.15) is 0 Å². The quantitative estimate of drug-likeness (QED) is 0.713. The number of carbonyl (C=O) groups is 1. The van der Waals surface area contributed by atoms with E-state index >= 15 is 0 Å². The minimum Gasteiger partial charge on any atom is -0.412 e. The SMILES string of the molecule is CS(=O)(=O)c1nnc(CCNC(=O)CCl)o1. The molecule has 0 aliphatic heterocycles. The molecule has 0 aliphatic carbocycles. The second kappa shape index (κ2) is 5.26. The molecule has 0 fully saturated rings. The molecule has 0 aromatic carbocycles. The summed E-state index contributed by atoms with van der Waals surface area (Å²) in [7, 11) is -3.48. The fourth-order valence-corrected chi connectivity index (χ4v) is 1.38. The van der Waals surface area contributed by atoms with Crippen molar-refractivity contribution in [3.05, 3.63) is 5.89 Å². The van der Waals surface area contributed by atoms with E-state index in [2.05, 4.69) is 15.5 Å². The topological polar surface area (TPSA) is 102 Å². The van der Waals surface area contributed by atoms with E-state index in [0.717, 1.165) is 6.26 Å².